The summed E-state index contributed by atoms with van der Waals surface area (Å²) < 4.78 is 64.4. The molecule has 0 saturated heterocycles. The number of hydrogen-bond donors (Lipinski definition) is 0. The van der Waals surface area contributed by atoms with Gasteiger partial charge in [0.1, 0.15) is 17.3 Å². The highest BCUT2D eigenvalue weighted by Gasteiger charge is 2.32. The van der Waals surface area contributed by atoms with Gasteiger partial charge in [-0.2, -0.15) is 13.2 Å². The van der Waals surface area contributed by atoms with Gasteiger partial charge in [-0.15, -0.1) is 10.2 Å². The third-order valence-corrected chi connectivity index (χ3v) is 5.60. The van der Waals surface area contributed by atoms with Crippen LogP contribution in [0.25, 0.3) is 33.6 Å². The number of hydrogen-bond acceptors (Lipinski definition) is 5. The summed E-state index contributed by atoms with van der Waals surface area (Å²) in [5.41, 5.74) is 0.349. The summed E-state index contributed by atoms with van der Waals surface area (Å²) in [6.45, 7) is -1.67. The zero-order chi connectivity index (χ0) is 26.0. The Morgan fingerprint density at radius 1 is 0.889 bits per heavy atom. The number of nitrogens with zero attached hydrogens (tertiary/aromatic N) is 3. The summed E-state index contributed by atoms with van der Waals surface area (Å²) in [7, 11) is 1.41. The molecule has 4 aromatic rings. The molecular weight excluding hydrogens is 545 g/mol. The summed E-state index contributed by atoms with van der Waals surface area (Å²) >= 11 is 18.7. The normalized spacial score (nSPS) is 11.4. The minimum absolute atomic E-state index is 0.0120. The molecule has 0 radical (unpaired) electrons. The highest BCUT2D eigenvalue weighted by molar-refractivity contribution is 6.36. The maximum Gasteiger partial charge on any atom is 0.422 e. The number of benzene rings is 2. The second-order valence-corrected chi connectivity index (χ2v) is 8.63. The highest BCUT2D eigenvalue weighted by Crippen LogP contribution is 2.46. The Morgan fingerprint density at radius 3 is 2.31 bits per heavy atom. The van der Waals surface area contributed by atoms with E-state index < -0.39 is 24.5 Å². The van der Waals surface area contributed by atoms with Crippen LogP contribution >= 0.6 is 34.8 Å². The Bertz CT molecular complexity index is 1430. The average molecular weight is 559 g/mol. The molecule has 0 aliphatic carbocycles. The van der Waals surface area contributed by atoms with Gasteiger partial charge in [0.2, 0.25) is 5.88 Å². The molecule has 0 aliphatic rings. The summed E-state index contributed by atoms with van der Waals surface area (Å²) in [6, 6.07) is 11.6. The lowest BCUT2D eigenvalue weighted by Crippen LogP contribution is -2.20. The summed E-state index contributed by atoms with van der Waals surface area (Å²) in [4.78, 5) is 4.21. The molecule has 0 spiro atoms. The fourth-order valence-electron chi connectivity index (χ4n) is 3.44. The summed E-state index contributed by atoms with van der Waals surface area (Å²) in [5.74, 6) is -0.849. The van der Waals surface area contributed by atoms with E-state index in [1.165, 1.54) is 49.7 Å². The van der Waals surface area contributed by atoms with E-state index in [1.807, 2.05) is 0 Å². The van der Waals surface area contributed by atoms with Crippen molar-refractivity contribution >= 4 is 34.8 Å². The lowest BCUT2D eigenvalue weighted by Gasteiger charge is -2.19. The smallest absolute Gasteiger partial charge is 0.422 e. The lowest BCUT2D eigenvalue weighted by atomic mass is 9.93. The molecule has 2 aromatic carbocycles. The minimum Gasteiger partial charge on any atom is -0.497 e. The molecule has 2 heterocycles. The molecule has 0 N–H and O–H groups in total. The number of alkyl halides is 3. The number of halogens is 7. The van der Waals surface area contributed by atoms with Crippen LogP contribution in [0.1, 0.15) is 0 Å². The number of pyridine rings is 1. The Balaban J connectivity index is 2.13. The third kappa shape index (κ3) is 5.64. The van der Waals surface area contributed by atoms with E-state index in [1.54, 1.807) is 12.1 Å². The maximum absolute atomic E-state index is 14.9. The molecule has 0 unspecified atom stereocenters. The van der Waals surface area contributed by atoms with Gasteiger partial charge in [0.25, 0.3) is 0 Å². The van der Waals surface area contributed by atoms with Crippen molar-refractivity contribution in [2.75, 3.05) is 13.7 Å². The van der Waals surface area contributed by atoms with Crippen LogP contribution in [0.5, 0.6) is 11.6 Å². The number of rotatable bonds is 6. The third-order valence-electron chi connectivity index (χ3n) is 4.88. The van der Waals surface area contributed by atoms with Crippen LogP contribution in [0.3, 0.4) is 0 Å². The largest absolute Gasteiger partial charge is 0.497 e. The van der Waals surface area contributed by atoms with Crippen molar-refractivity contribution in [1.82, 2.24) is 15.2 Å². The van der Waals surface area contributed by atoms with Crippen molar-refractivity contribution in [2.24, 2.45) is 0 Å². The van der Waals surface area contributed by atoms with Crippen molar-refractivity contribution in [3.05, 3.63) is 75.6 Å². The van der Waals surface area contributed by atoms with Crippen LogP contribution in [0.4, 0.5) is 17.6 Å². The van der Waals surface area contributed by atoms with Gasteiger partial charge in [-0.05, 0) is 42.0 Å². The Labute approximate surface area is 217 Å². The molecule has 36 heavy (non-hydrogen) atoms. The van der Waals surface area contributed by atoms with Gasteiger partial charge in [-0.25, -0.2) is 4.39 Å². The van der Waals surface area contributed by atoms with E-state index >= 15 is 0 Å². The fraction of sp³-hybridized carbons (Fsp3) is 0.125. The summed E-state index contributed by atoms with van der Waals surface area (Å²) in [5, 5.41) is 8.31. The van der Waals surface area contributed by atoms with E-state index in [-0.39, 0.29) is 43.1 Å². The first kappa shape index (κ1) is 25.9. The standard InChI is InChI=1S/C24H14Cl3F4N3O2/c1-35-15-7-12(6-13(25)8-15)19-20(22-17(27)9-14(26)10-32-22)23(36-11-24(29,30)31)34-33-21(19)16-4-2-3-5-18(16)28/h2-10H,11H2,1H3. The van der Waals surface area contributed by atoms with Crippen molar-refractivity contribution in [1.29, 1.82) is 0 Å². The van der Waals surface area contributed by atoms with Crippen LogP contribution in [-0.2, 0) is 0 Å². The highest BCUT2D eigenvalue weighted by atomic mass is 35.5. The molecule has 5 nitrogen and oxygen atoms in total. The van der Waals surface area contributed by atoms with E-state index in [0.717, 1.165) is 0 Å². The zero-order valence-electron chi connectivity index (χ0n) is 18.2. The van der Waals surface area contributed by atoms with Crippen molar-refractivity contribution < 1.29 is 27.0 Å². The maximum atomic E-state index is 14.9. The Morgan fingerprint density at radius 2 is 1.64 bits per heavy atom. The fourth-order valence-corrected chi connectivity index (χ4v) is 4.14. The molecular formula is C24H14Cl3F4N3O2. The first-order valence-corrected chi connectivity index (χ1v) is 11.2. The molecule has 0 atom stereocenters. The van der Waals surface area contributed by atoms with Crippen LogP contribution in [0.2, 0.25) is 15.1 Å². The van der Waals surface area contributed by atoms with Crippen molar-refractivity contribution in [3.63, 3.8) is 0 Å². The van der Waals surface area contributed by atoms with E-state index in [9.17, 15) is 17.6 Å². The van der Waals surface area contributed by atoms with Crippen molar-refractivity contribution in [3.8, 4) is 45.3 Å². The quantitative estimate of drug-likeness (QED) is 0.225. The monoisotopic (exact) mass is 557 g/mol. The second kappa shape index (κ2) is 10.5. The Kier molecular flexibility index (Phi) is 7.54. The van der Waals surface area contributed by atoms with Gasteiger partial charge in [-0.1, -0.05) is 46.9 Å². The zero-order valence-corrected chi connectivity index (χ0v) is 20.5. The van der Waals surface area contributed by atoms with Gasteiger partial charge in [0.15, 0.2) is 6.61 Å². The van der Waals surface area contributed by atoms with Gasteiger partial charge < -0.3 is 9.47 Å². The number of methoxy groups -OCH3 is 1. The van der Waals surface area contributed by atoms with Gasteiger partial charge in [-0.3, -0.25) is 4.98 Å². The number of ether oxygens (including phenoxy) is 2. The molecule has 0 bridgehead atoms. The first-order chi connectivity index (χ1) is 17.1. The second-order valence-electron chi connectivity index (χ2n) is 7.35. The summed E-state index contributed by atoms with van der Waals surface area (Å²) in [6.07, 6.45) is -3.43. The van der Waals surface area contributed by atoms with E-state index in [4.69, 9.17) is 44.3 Å². The number of aromatic nitrogens is 3. The van der Waals surface area contributed by atoms with Gasteiger partial charge in [0, 0.05) is 22.3 Å². The SMILES string of the molecule is COc1cc(Cl)cc(-c2c(-c3ccccc3F)nnc(OCC(F)(F)F)c2-c2ncc(Cl)cc2Cl)c1. The lowest BCUT2D eigenvalue weighted by molar-refractivity contribution is -0.154. The molecule has 0 amide bonds. The molecule has 0 aliphatic heterocycles. The van der Waals surface area contributed by atoms with E-state index in [0.29, 0.717) is 11.3 Å². The molecule has 186 valence electrons. The average Bonchev–Trinajstić information content (AvgIpc) is 2.82. The topological polar surface area (TPSA) is 57.1 Å². The molecule has 12 heteroatoms. The minimum atomic E-state index is -4.68. The van der Waals surface area contributed by atoms with Crippen molar-refractivity contribution in [2.45, 2.75) is 6.18 Å². The predicted octanol–water partition coefficient (Wildman–Crippen LogP) is 7.92. The van der Waals surface area contributed by atoms with Gasteiger partial charge in [0.05, 0.1) is 28.4 Å². The van der Waals surface area contributed by atoms with Crippen LogP contribution in [0.15, 0.2) is 54.7 Å². The first-order valence-electron chi connectivity index (χ1n) is 10.1. The van der Waals surface area contributed by atoms with Crippen LogP contribution < -0.4 is 9.47 Å². The molecule has 4 rings (SSSR count). The van der Waals surface area contributed by atoms with Crippen LogP contribution in [-0.4, -0.2) is 35.1 Å². The molecule has 0 saturated carbocycles. The predicted molar refractivity (Wildman–Crippen MR) is 129 cm³/mol. The van der Waals surface area contributed by atoms with E-state index in [2.05, 4.69) is 15.2 Å². The van der Waals surface area contributed by atoms with Gasteiger partial charge >= 0.3 is 6.18 Å². The van der Waals surface area contributed by atoms with Crippen LogP contribution in [0, 0.1) is 5.82 Å². The Hall–Kier alpha value is -3.14. The molecule has 2 aromatic heterocycles. The molecule has 0 fully saturated rings.